The van der Waals surface area contributed by atoms with E-state index < -0.39 is 0 Å². The molecule has 2 unspecified atom stereocenters. The second kappa shape index (κ2) is 5.09. The van der Waals surface area contributed by atoms with E-state index in [1.807, 2.05) is 25.1 Å². The van der Waals surface area contributed by atoms with Gasteiger partial charge in [-0.05, 0) is 25.1 Å². The van der Waals surface area contributed by atoms with Gasteiger partial charge in [0.15, 0.2) is 0 Å². The summed E-state index contributed by atoms with van der Waals surface area (Å²) in [6, 6.07) is 12.3. The van der Waals surface area contributed by atoms with Gasteiger partial charge in [-0.25, -0.2) is 0 Å². The molecule has 3 heteroatoms. The Kier molecular flexibility index (Phi) is 3.07. The molecule has 112 valence electrons. The number of ether oxygens (including phenoxy) is 3. The molecular formula is C19H18O3. The zero-order valence-electron chi connectivity index (χ0n) is 12.5. The maximum Gasteiger partial charge on any atom is 0.138 e. The predicted molar refractivity (Wildman–Crippen MR) is 84.9 cm³/mol. The molecule has 2 heterocycles. The summed E-state index contributed by atoms with van der Waals surface area (Å²) in [4.78, 5) is 0. The molecule has 0 saturated carbocycles. The van der Waals surface area contributed by atoms with Gasteiger partial charge >= 0.3 is 0 Å². The SMILES string of the molecule is C=CCOc1ccc2c(c1C)OCC1c3ccccc3OC21. The Labute approximate surface area is 130 Å². The van der Waals surface area contributed by atoms with Crippen molar-refractivity contribution in [3.05, 3.63) is 65.7 Å². The van der Waals surface area contributed by atoms with Crippen LogP contribution in [0.4, 0.5) is 0 Å². The van der Waals surface area contributed by atoms with Crippen molar-refractivity contribution >= 4 is 0 Å². The van der Waals surface area contributed by atoms with Gasteiger partial charge in [0.05, 0.1) is 12.5 Å². The van der Waals surface area contributed by atoms with E-state index in [1.54, 1.807) is 6.08 Å². The highest BCUT2D eigenvalue weighted by molar-refractivity contribution is 5.55. The van der Waals surface area contributed by atoms with Gasteiger partial charge in [0.1, 0.15) is 30.0 Å². The Morgan fingerprint density at radius 2 is 2.09 bits per heavy atom. The van der Waals surface area contributed by atoms with E-state index in [1.165, 1.54) is 5.56 Å². The lowest BCUT2D eigenvalue weighted by molar-refractivity contribution is 0.138. The summed E-state index contributed by atoms with van der Waals surface area (Å²) in [5.41, 5.74) is 3.37. The number of fused-ring (bicyclic) bond motifs is 5. The Bertz CT molecular complexity index is 735. The van der Waals surface area contributed by atoms with Crippen molar-refractivity contribution in [2.45, 2.75) is 18.9 Å². The van der Waals surface area contributed by atoms with Crippen LogP contribution < -0.4 is 14.2 Å². The number of hydrogen-bond acceptors (Lipinski definition) is 3. The summed E-state index contributed by atoms with van der Waals surface area (Å²) in [6.07, 6.45) is 1.78. The molecule has 0 saturated heterocycles. The lowest BCUT2D eigenvalue weighted by Gasteiger charge is -2.29. The first-order valence-electron chi connectivity index (χ1n) is 7.55. The van der Waals surface area contributed by atoms with Crippen molar-refractivity contribution < 1.29 is 14.2 Å². The standard InChI is InChI=1S/C19H18O3/c1-3-10-20-16-9-8-14-18(12(16)2)21-11-15-13-6-4-5-7-17(13)22-19(14)15/h3-9,15,19H,1,10-11H2,2H3. The highest BCUT2D eigenvalue weighted by atomic mass is 16.5. The Hall–Kier alpha value is -2.42. The van der Waals surface area contributed by atoms with E-state index in [-0.39, 0.29) is 12.0 Å². The fourth-order valence-corrected chi connectivity index (χ4v) is 3.32. The van der Waals surface area contributed by atoms with Crippen LogP contribution in [0, 0.1) is 6.92 Å². The van der Waals surface area contributed by atoms with E-state index in [0.717, 1.165) is 28.4 Å². The van der Waals surface area contributed by atoms with Gasteiger partial charge in [-0.3, -0.25) is 0 Å². The van der Waals surface area contributed by atoms with Gasteiger partial charge in [0, 0.05) is 16.7 Å². The molecular weight excluding hydrogens is 276 g/mol. The molecule has 0 aromatic heterocycles. The van der Waals surface area contributed by atoms with Crippen LogP contribution >= 0.6 is 0 Å². The van der Waals surface area contributed by atoms with Crippen molar-refractivity contribution in [1.82, 2.24) is 0 Å². The molecule has 4 rings (SSSR count). The zero-order chi connectivity index (χ0) is 15.1. The molecule has 2 aliphatic rings. The van der Waals surface area contributed by atoms with Crippen LogP contribution in [0.25, 0.3) is 0 Å². The topological polar surface area (TPSA) is 27.7 Å². The van der Waals surface area contributed by atoms with Crippen molar-refractivity contribution in [2.24, 2.45) is 0 Å². The van der Waals surface area contributed by atoms with E-state index >= 15 is 0 Å². The van der Waals surface area contributed by atoms with Crippen molar-refractivity contribution in [1.29, 1.82) is 0 Å². The average molecular weight is 294 g/mol. The first kappa shape index (κ1) is 13.3. The molecule has 3 nitrogen and oxygen atoms in total. The summed E-state index contributed by atoms with van der Waals surface area (Å²) in [7, 11) is 0. The largest absolute Gasteiger partial charge is 0.492 e. The molecule has 0 aliphatic carbocycles. The molecule has 2 aromatic carbocycles. The summed E-state index contributed by atoms with van der Waals surface area (Å²) in [5.74, 6) is 2.98. The van der Waals surface area contributed by atoms with Crippen LogP contribution in [-0.2, 0) is 0 Å². The predicted octanol–water partition coefficient (Wildman–Crippen LogP) is 4.17. The molecule has 0 bridgehead atoms. The lowest BCUT2D eigenvalue weighted by Crippen LogP contribution is -2.23. The Balaban J connectivity index is 1.73. The van der Waals surface area contributed by atoms with Crippen LogP contribution in [0.3, 0.4) is 0 Å². The average Bonchev–Trinajstić information content (AvgIpc) is 2.93. The third-order valence-electron chi connectivity index (χ3n) is 4.39. The van der Waals surface area contributed by atoms with E-state index in [9.17, 15) is 0 Å². The van der Waals surface area contributed by atoms with Crippen LogP contribution in [0.15, 0.2) is 49.1 Å². The molecule has 22 heavy (non-hydrogen) atoms. The lowest BCUT2D eigenvalue weighted by atomic mass is 9.88. The summed E-state index contributed by atoms with van der Waals surface area (Å²) < 4.78 is 17.9. The molecule has 0 fully saturated rings. The number of para-hydroxylation sites is 1. The fourth-order valence-electron chi connectivity index (χ4n) is 3.32. The van der Waals surface area contributed by atoms with Crippen LogP contribution in [-0.4, -0.2) is 13.2 Å². The summed E-state index contributed by atoms with van der Waals surface area (Å²) >= 11 is 0. The zero-order valence-corrected chi connectivity index (χ0v) is 12.5. The molecule has 2 atom stereocenters. The van der Waals surface area contributed by atoms with E-state index in [0.29, 0.717) is 13.2 Å². The smallest absolute Gasteiger partial charge is 0.138 e. The third kappa shape index (κ3) is 1.89. The van der Waals surface area contributed by atoms with Crippen molar-refractivity contribution in [3.63, 3.8) is 0 Å². The number of benzene rings is 2. The minimum atomic E-state index is 0.0355. The number of hydrogen-bond donors (Lipinski definition) is 0. The monoisotopic (exact) mass is 294 g/mol. The second-order valence-electron chi connectivity index (χ2n) is 5.70. The van der Waals surface area contributed by atoms with Crippen molar-refractivity contribution in [2.75, 3.05) is 13.2 Å². The van der Waals surface area contributed by atoms with Crippen LogP contribution in [0.1, 0.15) is 28.7 Å². The molecule has 2 aromatic rings. The minimum absolute atomic E-state index is 0.0355. The van der Waals surface area contributed by atoms with Crippen molar-refractivity contribution in [3.8, 4) is 17.2 Å². The highest BCUT2D eigenvalue weighted by Crippen LogP contribution is 2.52. The van der Waals surface area contributed by atoms with Gasteiger partial charge in [0.25, 0.3) is 0 Å². The first-order chi connectivity index (χ1) is 10.8. The molecule has 0 radical (unpaired) electrons. The summed E-state index contributed by atoms with van der Waals surface area (Å²) in [6.45, 7) is 6.84. The normalized spacial score (nSPS) is 21.0. The fraction of sp³-hybridized carbons (Fsp3) is 0.263. The van der Waals surface area contributed by atoms with Crippen LogP contribution in [0.2, 0.25) is 0 Å². The highest BCUT2D eigenvalue weighted by Gasteiger charge is 2.41. The van der Waals surface area contributed by atoms with Gasteiger partial charge < -0.3 is 14.2 Å². The minimum Gasteiger partial charge on any atom is -0.492 e. The van der Waals surface area contributed by atoms with Gasteiger partial charge in [-0.1, -0.05) is 30.9 Å². The first-order valence-corrected chi connectivity index (χ1v) is 7.55. The number of rotatable bonds is 3. The second-order valence-corrected chi connectivity index (χ2v) is 5.70. The van der Waals surface area contributed by atoms with Crippen LogP contribution in [0.5, 0.6) is 17.2 Å². The van der Waals surface area contributed by atoms with Gasteiger partial charge in [-0.15, -0.1) is 0 Å². The molecule has 2 aliphatic heterocycles. The maximum absolute atomic E-state index is 6.18. The van der Waals surface area contributed by atoms with E-state index in [4.69, 9.17) is 14.2 Å². The third-order valence-corrected chi connectivity index (χ3v) is 4.39. The quantitative estimate of drug-likeness (QED) is 0.795. The maximum atomic E-state index is 6.18. The van der Waals surface area contributed by atoms with Gasteiger partial charge in [0.2, 0.25) is 0 Å². The van der Waals surface area contributed by atoms with E-state index in [2.05, 4.69) is 24.8 Å². The Morgan fingerprint density at radius 3 is 2.95 bits per heavy atom. The molecule has 0 amide bonds. The molecule has 0 spiro atoms. The van der Waals surface area contributed by atoms with Gasteiger partial charge in [-0.2, -0.15) is 0 Å². The summed E-state index contributed by atoms with van der Waals surface area (Å²) in [5, 5.41) is 0. The Morgan fingerprint density at radius 1 is 1.23 bits per heavy atom. The molecule has 0 N–H and O–H groups in total.